The molecule has 0 aromatic rings. The Balaban J connectivity index is 4.07. The van der Waals surface area contributed by atoms with Gasteiger partial charge >= 0.3 is 6.02 Å². The van der Waals surface area contributed by atoms with Gasteiger partial charge in [0.05, 0.1) is 0 Å². The Morgan fingerprint density at radius 1 is 1.50 bits per heavy atom. The third kappa shape index (κ3) is 4.66. The van der Waals surface area contributed by atoms with Crippen molar-refractivity contribution >= 4 is 11.7 Å². The molecule has 0 spiro atoms. The Hall–Kier alpha value is -1.12. The summed E-state index contributed by atoms with van der Waals surface area (Å²) in [5.74, 6) is 0.702. The SMILES string of the molecule is CC=C(C)OC(=N)N=C(C)CC. The van der Waals surface area contributed by atoms with E-state index < -0.39 is 0 Å². The Kier molecular flexibility index (Phi) is 5.00. The van der Waals surface area contributed by atoms with Crippen LogP contribution in [0.3, 0.4) is 0 Å². The Bertz CT molecular complexity index is 217. The molecule has 0 bridgehead atoms. The van der Waals surface area contributed by atoms with Crippen molar-refractivity contribution in [3.05, 3.63) is 11.8 Å². The molecule has 3 nitrogen and oxygen atoms in total. The van der Waals surface area contributed by atoms with E-state index in [1.807, 2.05) is 20.8 Å². The number of aliphatic imine (C=N–C) groups is 1. The van der Waals surface area contributed by atoms with E-state index >= 15 is 0 Å². The number of ether oxygens (including phenoxy) is 1. The molecule has 0 rings (SSSR count). The fraction of sp³-hybridized carbons (Fsp3) is 0.556. The lowest BCUT2D eigenvalue weighted by Gasteiger charge is -2.02. The second-order valence-corrected chi connectivity index (χ2v) is 2.51. The lowest BCUT2D eigenvalue weighted by molar-refractivity contribution is 0.406. The van der Waals surface area contributed by atoms with Gasteiger partial charge in [-0.3, -0.25) is 0 Å². The first-order valence-electron chi connectivity index (χ1n) is 4.03. The highest BCUT2D eigenvalue weighted by atomic mass is 16.5. The Labute approximate surface area is 73.7 Å². The molecule has 0 saturated heterocycles. The maximum atomic E-state index is 7.31. The number of rotatable bonds is 2. The van der Waals surface area contributed by atoms with E-state index in [0.29, 0.717) is 5.76 Å². The van der Waals surface area contributed by atoms with Crippen LogP contribution in [0.1, 0.15) is 34.1 Å². The molecule has 1 N–H and O–H groups in total. The predicted octanol–water partition coefficient (Wildman–Crippen LogP) is 2.73. The van der Waals surface area contributed by atoms with Crippen molar-refractivity contribution in [1.29, 1.82) is 5.41 Å². The number of allylic oxidation sites excluding steroid dienone is 2. The lowest BCUT2D eigenvalue weighted by atomic mass is 10.3. The fourth-order valence-electron chi connectivity index (χ4n) is 0.487. The largest absolute Gasteiger partial charge is 0.430 e. The standard InChI is InChI=1S/C9H16N2O/c1-5-7(3)11-9(10)12-8(4)6-2/h6,10H,5H2,1-4H3. The molecule has 0 fully saturated rings. The van der Waals surface area contributed by atoms with Crippen molar-refractivity contribution in [3.8, 4) is 0 Å². The summed E-state index contributed by atoms with van der Waals surface area (Å²) in [7, 11) is 0. The molecule has 3 heteroatoms. The van der Waals surface area contributed by atoms with Crippen molar-refractivity contribution in [2.24, 2.45) is 4.99 Å². The van der Waals surface area contributed by atoms with E-state index in [-0.39, 0.29) is 6.02 Å². The van der Waals surface area contributed by atoms with Gasteiger partial charge in [-0.15, -0.1) is 0 Å². The van der Waals surface area contributed by atoms with Crippen LogP contribution in [-0.4, -0.2) is 11.7 Å². The number of hydrogen-bond donors (Lipinski definition) is 1. The zero-order chi connectivity index (χ0) is 9.56. The molecule has 0 saturated carbocycles. The number of hydrogen-bond acceptors (Lipinski definition) is 2. The molecule has 0 aliphatic rings. The first kappa shape index (κ1) is 10.9. The van der Waals surface area contributed by atoms with E-state index in [4.69, 9.17) is 10.1 Å². The first-order valence-corrected chi connectivity index (χ1v) is 4.03. The van der Waals surface area contributed by atoms with Crippen LogP contribution in [0.4, 0.5) is 0 Å². The van der Waals surface area contributed by atoms with Crippen molar-refractivity contribution < 1.29 is 4.74 Å². The Morgan fingerprint density at radius 3 is 2.50 bits per heavy atom. The van der Waals surface area contributed by atoms with Gasteiger partial charge in [0.25, 0.3) is 0 Å². The van der Waals surface area contributed by atoms with Gasteiger partial charge in [0.15, 0.2) is 0 Å². The van der Waals surface area contributed by atoms with Crippen molar-refractivity contribution in [3.63, 3.8) is 0 Å². The predicted molar refractivity (Wildman–Crippen MR) is 51.6 cm³/mol. The van der Waals surface area contributed by atoms with E-state index in [1.165, 1.54) is 0 Å². The topological polar surface area (TPSA) is 45.4 Å². The second kappa shape index (κ2) is 5.52. The van der Waals surface area contributed by atoms with Gasteiger partial charge in [-0.1, -0.05) is 6.92 Å². The van der Waals surface area contributed by atoms with E-state index in [9.17, 15) is 0 Å². The summed E-state index contributed by atoms with van der Waals surface area (Å²) in [4.78, 5) is 3.92. The monoisotopic (exact) mass is 168 g/mol. The lowest BCUT2D eigenvalue weighted by Crippen LogP contribution is -2.01. The van der Waals surface area contributed by atoms with Crippen LogP contribution in [0.5, 0.6) is 0 Å². The van der Waals surface area contributed by atoms with Gasteiger partial charge in [-0.2, -0.15) is 0 Å². The van der Waals surface area contributed by atoms with Gasteiger partial charge in [0.1, 0.15) is 5.76 Å². The van der Waals surface area contributed by atoms with Crippen molar-refractivity contribution in [2.45, 2.75) is 34.1 Å². The molecule has 0 aromatic carbocycles. The van der Waals surface area contributed by atoms with Crippen LogP contribution in [0, 0.1) is 5.41 Å². The molecule has 0 heterocycles. The fourth-order valence-corrected chi connectivity index (χ4v) is 0.487. The number of nitrogens with zero attached hydrogens (tertiary/aromatic N) is 1. The zero-order valence-electron chi connectivity index (χ0n) is 8.14. The molecule has 0 amide bonds. The minimum atomic E-state index is -0.0371. The van der Waals surface area contributed by atoms with Crippen LogP contribution in [0.2, 0.25) is 0 Å². The summed E-state index contributed by atoms with van der Waals surface area (Å²) in [6, 6.07) is -0.0371. The van der Waals surface area contributed by atoms with Crippen LogP contribution in [0.15, 0.2) is 16.8 Å². The van der Waals surface area contributed by atoms with Crippen LogP contribution in [0.25, 0.3) is 0 Å². The summed E-state index contributed by atoms with van der Waals surface area (Å²) < 4.78 is 5.03. The number of nitrogens with one attached hydrogen (secondary N) is 1. The maximum absolute atomic E-state index is 7.31. The zero-order valence-corrected chi connectivity index (χ0v) is 8.14. The van der Waals surface area contributed by atoms with Gasteiger partial charge in [0.2, 0.25) is 0 Å². The summed E-state index contributed by atoms with van der Waals surface area (Å²) in [5, 5.41) is 7.31. The van der Waals surface area contributed by atoms with Gasteiger partial charge in [-0.25, -0.2) is 10.4 Å². The van der Waals surface area contributed by atoms with Crippen LogP contribution < -0.4 is 0 Å². The molecule has 0 unspecified atom stereocenters. The molecule has 0 aromatic heterocycles. The molecule has 0 radical (unpaired) electrons. The van der Waals surface area contributed by atoms with Crippen molar-refractivity contribution in [1.82, 2.24) is 0 Å². The average molecular weight is 168 g/mol. The second-order valence-electron chi connectivity index (χ2n) is 2.51. The number of amidine groups is 1. The quantitative estimate of drug-likeness (QED) is 0.384. The molecule has 0 atom stereocenters. The highest BCUT2D eigenvalue weighted by Gasteiger charge is 1.95. The smallest absolute Gasteiger partial charge is 0.313 e. The normalized spacial score (nSPS) is 13.0. The summed E-state index contributed by atoms with van der Waals surface area (Å²) in [6.07, 6.45) is 2.64. The summed E-state index contributed by atoms with van der Waals surface area (Å²) in [6.45, 7) is 7.53. The van der Waals surface area contributed by atoms with Gasteiger partial charge < -0.3 is 4.74 Å². The van der Waals surface area contributed by atoms with E-state index in [2.05, 4.69) is 4.99 Å². The molecular formula is C9H16N2O. The molecular weight excluding hydrogens is 152 g/mol. The molecule has 68 valence electrons. The molecule has 0 aliphatic heterocycles. The first-order chi connectivity index (χ1) is 5.60. The Morgan fingerprint density at radius 2 is 2.08 bits per heavy atom. The molecule has 12 heavy (non-hydrogen) atoms. The van der Waals surface area contributed by atoms with Crippen LogP contribution in [-0.2, 0) is 4.74 Å². The maximum Gasteiger partial charge on any atom is 0.313 e. The molecule has 0 aliphatic carbocycles. The summed E-state index contributed by atoms with van der Waals surface area (Å²) >= 11 is 0. The van der Waals surface area contributed by atoms with Gasteiger partial charge in [-0.05, 0) is 33.3 Å². The minimum absolute atomic E-state index is 0.0371. The van der Waals surface area contributed by atoms with Crippen LogP contribution >= 0.6 is 0 Å². The third-order valence-electron chi connectivity index (χ3n) is 1.47. The van der Waals surface area contributed by atoms with Gasteiger partial charge in [0, 0.05) is 5.71 Å². The van der Waals surface area contributed by atoms with E-state index in [1.54, 1.807) is 13.0 Å². The summed E-state index contributed by atoms with van der Waals surface area (Å²) in [5.41, 5.74) is 0.906. The average Bonchev–Trinajstić information content (AvgIpc) is 2.03. The highest BCUT2D eigenvalue weighted by Crippen LogP contribution is 1.97. The highest BCUT2D eigenvalue weighted by molar-refractivity contribution is 5.92. The van der Waals surface area contributed by atoms with Crippen molar-refractivity contribution in [2.75, 3.05) is 0 Å². The minimum Gasteiger partial charge on any atom is -0.430 e. The van der Waals surface area contributed by atoms with E-state index in [0.717, 1.165) is 12.1 Å². The third-order valence-corrected chi connectivity index (χ3v) is 1.47.